The Balaban J connectivity index is 0.00000320. The molecule has 1 heterocycles. The van der Waals surface area contributed by atoms with Crippen LogP contribution in [0.4, 0.5) is 0 Å². The molecule has 0 unspecified atom stereocenters. The van der Waals surface area contributed by atoms with Crippen LogP contribution >= 0.6 is 47.2 Å². The van der Waals surface area contributed by atoms with Crippen molar-refractivity contribution in [1.82, 2.24) is 9.62 Å². The molecule has 2 aromatic rings. The van der Waals surface area contributed by atoms with Crippen molar-refractivity contribution >= 4 is 57.2 Å². The maximum Gasteiger partial charge on any atom is 0.242 e. The van der Waals surface area contributed by atoms with Gasteiger partial charge in [0.05, 0.1) is 15.1 Å². The molecule has 3 rings (SSSR count). The summed E-state index contributed by atoms with van der Waals surface area (Å²) in [5, 5.41) is 0.458. The summed E-state index contributed by atoms with van der Waals surface area (Å²) in [5.41, 5.74) is 2.91. The van der Waals surface area contributed by atoms with Crippen LogP contribution in [0.2, 0.25) is 15.1 Å². The Bertz CT molecular complexity index is 954. The van der Waals surface area contributed by atoms with Crippen molar-refractivity contribution in [3.05, 3.63) is 62.6 Å². The fraction of sp³-hybridized carbons (Fsp3) is 0.429. The van der Waals surface area contributed by atoms with Gasteiger partial charge in [0.1, 0.15) is 4.90 Å². The smallest absolute Gasteiger partial charge is 0.242 e. The molecule has 166 valence electrons. The Kier molecular flexibility index (Phi) is 10.2. The van der Waals surface area contributed by atoms with Crippen molar-refractivity contribution in [1.29, 1.82) is 0 Å². The first-order valence-electron chi connectivity index (χ1n) is 9.80. The second kappa shape index (κ2) is 11.9. The second-order valence-electron chi connectivity index (χ2n) is 7.30. The van der Waals surface area contributed by atoms with Crippen molar-refractivity contribution in [3.63, 3.8) is 0 Å². The first-order chi connectivity index (χ1) is 13.9. The molecule has 0 saturated carbocycles. The number of benzene rings is 2. The Morgan fingerprint density at radius 1 is 0.900 bits per heavy atom. The van der Waals surface area contributed by atoms with E-state index in [1.165, 1.54) is 23.3 Å². The van der Waals surface area contributed by atoms with E-state index in [1.807, 2.05) is 0 Å². The van der Waals surface area contributed by atoms with Crippen LogP contribution in [-0.4, -0.2) is 33.0 Å². The second-order valence-corrected chi connectivity index (χ2v) is 10.3. The molecule has 0 bridgehead atoms. The number of nitrogens with one attached hydrogen (secondary N) is 1. The maximum absolute atomic E-state index is 12.4. The number of hydrogen-bond acceptors (Lipinski definition) is 3. The highest BCUT2D eigenvalue weighted by molar-refractivity contribution is 7.89. The molecule has 9 heteroatoms. The van der Waals surface area contributed by atoms with Crippen molar-refractivity contribution in [3.8, 4) is 0 Å². The number of sulfonamides is 1. The Morgan fingerprint density at radius 3 is 2.33 bits per heavy atom. The topological polar surface area (TPSA) is 49.4 Å². The molecule has 1 aliphatic heterocycles. The molecule has 0 amide bonds. The third-order valence-electron chi connectivity index (χ3n) is 5.17. The van der Waals surface area contributed by atoms with Crippen LogP contribution in [0.25, 0.3) is 0 Å². The number of nitrogens with zero attached hydrogens (tertiary/aromatic N) is 1. The summed E-state index contributed by atoms with van der Waals surface area (Å²) in [4.78, 5) is 2.45. The molecule has 4 nitrogen and oxygen atoms in total. The van der Waals surface area contributed by atoms with Gasteiger partial charge in [0, 0.05) is 19.6 Å². The van der Waals surface area contributed by atoms with E-state index in [0.717, 1.165) is 51.7 Å². The molecular weight excluding hydrogens is 486 g/mol. The summed E-state index contributed by atoms with van der Waals surface area (Å²) < 4.78 is 27.4. The van der Waals surface area contributed by atoms with Gasteiger partial charge in [-0.25, -0.2) is 13.1 Å². The molecular formula is C21H26Cl4N2O2S. The SMILES string of the molecule is Cl.O=S(=O)(NCCCCCCN1CCc2ccccc2C1)c1cc(Cl)c(Cl)cc1Cl. The Labute approximate surface area is 200 Å². The van der Waals surface area contributed by atoms with Crippen LogP contribution in [0, 0.1) is 0 Å². The average molecular weight is 512 g/mol. The van der Waals surface area contributed by atoms with Crippen LogP contribution in [0.1, 0.15) is 36.8 Å². The van der Waals surface area contributed by atoms with E-state index in [2.05, 4.69) is 33.9 Å². The summed E-state index contributed by atoms with van der Waals surface area (Å²) in [6, 6.07) is 11.3. The zero-order valence-corrected chi connectivity index (χ0v) is 20.4. The molecule has 0 radical (unpaired) electrons. The summed E-state index contributed by atoms with van der Waals surface area (Å²) in [6.45, 7) is 3.59. The van der Waals surface area contributed by atoms with E-state index >= 15 is 0 Å². The van der Waals surface area contributed by atoms with E-state index in [1.54, 1.807) is 0 Å². The Hall–Kier alpha value is -0.530. The highest BCUT2D eigenvalue weighted by atomic mass is 35.5. The van der Waals surface area contributed by atoms with Crippen molar-refractivity contribution in [2.24, 2.45) is 0 Å². The summed E-state index contributed by atoms with van der Waals surface area (Å²) in [7, 11) is -3.70. The van der Waals surface area contributed by atoms with Crippen LogP contribution in [-0.2, 0) is 23.0 Å². The van der Waals surface area contributed by atoms with Crippen molar-refractivity contribution in [2.45, 2.75) is 43.5 Å². The number of unbranched alkanes of at least 4 members (excludes halogenated alkanes) is 3. The molecule has 1 aliphatic rings. The highest BCUT2D eigenvalue weighted by Crippen LogP contribution is 2.31. The van der Waals surface area contributed by atoms with E-state index in [-0.39, 0.29) is 32.4 Å². The fourth-order valence-corrected chi connectivity index (χ4v) is 5.63. The molecule has 0 fully saturated rings. The molecule has 0 saturated heterocycles. The fourth-order valence-electron chi connectivity index (χ4n) is 3.55. The Morgan fingerprint density at radius 2 is 1.57 bits per heavy atom. The quantitative estimate of drug-likeness (QED) is 0.333. The largest absolute Gasteiger partial charge is 0.299 e. The third kappa shape index (κ3) is 6.99. The van der Waals surface area contributed by atoms with Crippen LogP contribution in [0.3, 0.4) is 0 Å². The van der Waals surface area contributed by atoms with Crippen molar-refractivity contribution in [2.75, 3.05) is 19.6 Å². The van der Waals surface area contributed by atoms with E-state index in [0.29, 0.717) is 6.54 Å². The van der Waals surface area contributed by atoms with Gasteiger partial charge in [-0.2, -0.15) is 0 Å². The predicted octanol–water partition coefficient (Wildman–Crippen LogP) is 5.97. The van der Waals surface area contributed by atoms with E-state index < -0.39 is 10.0 Å². The third-order valence-corrected chi connectivity index (χ3v) is 7.82. The first-order valence-corrected chi connectivity index (χ1v) is 12.4. The highest BCUT2D eigenvalue weighted by Gasteiger charge is 2.19. The van der Waals surface area contributed by atoms with Gasteiger partial charge in [-0.15, -0.1) is 12.4 Å². The average Bonchev–Trinajstić information content (AvgIpc) is 2.69. The summed E-state index contributed by atoms with van der Waals surface area (Å²) in [5.74, 6) is 0. The van der Waals surface area contributed by atoms with Gasteiger partial charge >= 0.3 is 0 Å². The van der Waals surface area contributed by atoms with Gasteiger partial charge in [0.2, 0.25) is 10.0 Å². The maximum atomic E-state index is 12.4. The standard InChI is InChI=1S/C21H25Cl3N2O2S.ClH/c22-18-13-20(24)21(14-19(18)23)29(27,28)25-10-5-1-2-6-11-26-12-9-16-7-3-4-8-17(16)15-26;/h3-4,7-8,13-14,25H,1-2,5-6,9-12,15H2;1H. The number of rotatable bonds is 9. The number of fused-ring (bicyclic) bond motifs is 1. The lowest BCUT2D eigenvalue weighted by Crippen LogP contribution is -2.31. The van der Waals surface area contributed by atoms with Crippen molar-refractivity contribution < 1.29 is 8.42 Å². The van der Waals surface area contributed by atoms with Gasteiger partial charge in [-0.1, -0.05) is 71.9 Å². The molecule has 1 N–H and O–H groups in total. The zero-order valence-electron chi connectivity index (χ0n) is 16.5. The lowest BCUT2D eigenvalue weighted by atomic mass is 10.00. The summed E-state index contributed by atoms with van der Waals surface area (Å²) in [6.07, 6.45) is 5.07. The monoisotopic (exact) mass is 510 g/mol. The minimum atomic E-state index is -3.70. The minimum Gasteiger partial charge on any atom is -0.299 e. The molecule has 2 aromatic carbocycles. The van der Waals surface area contributed by atoms with Crippen LogP contribution in [0.5, 0.6) is 0 Å². The molecule has 0 spiro atoms. The van der Waals surface area contributed by atoms with Gasteiger partial charge in [-0.05, 0) is 49.1 Å². The minimum absolute atomic E-state index is 0. The number of hydrogen-bond donors (Lipinski definition) is 1. The normalized spacial score (nSPS) is 14.2. The lowest BCUT2D eigenvalue weighted by molar-refractivity contribution is 0.248. The van der Waals surface area contributed by atoms with Crippen LogP contribution in [0.15, 0.2) is 41.3 Å². The lowest BCUT2D eigenvalue weighted by Gasteiger charge is -2.28. The van der Waals surface area contributed by atoms with Gasteiger partial charge in [-0.3, -0.25) is 4.90 Å². The number of halogens is 4. The van der Waals surface area contributed by atoms with Gasteiger partial charge in [0.25, 0.3) is 0 Å². The first kappa shape index (κ1) is 25.7. The zero-order chi connectivity index (χ0) is 20.9. The molecule has 0 aliphatic carbocycles. The van der Waals surface area contributed by atoms with Gasteiger partial charge in [0.15, 0.2) is 0 Å². The summed E-state index contributed by atoms with van der Waals surface area (Å²) >= 11 is 17.8. The molecule has 30 heavy (non-hydrogen) atoms. The van der Waals surface area contributed by atoms with Crippen LogP contribution < -0.4 is 4.72 Å². The molecule has 0 aromatic heterocycles. The van der Waals surface area contributed by atoms with Gasteiger partial charge < -0.3 is 0 Å². The molecule has 0 atom stereocenters. The van der Waals surface area contributed by atoms with E-state index in [4.69, 9.17) is 34.8 Å². The van der Waals surface area contributed by atoms with E-state index in [9.17, 15) is 8.42 Å². The predicted molar refractivity (Wildman–Crippen MR) is 128 cm³/mol.